The fraction of sp³-hybridized carbons (Fsp3) is 0.147. The number of para-hydroxylation sites is 2. The van der Waals surface area contributed by atoms with Crippen molar-refractivity contribution in [2.75, 3.05) is 0 Å². The number of hydrogen-bond acceptors (Lipinski definition) is 0. The van der Waals surface area contributed by atoms with Crippen molar-refractivity contribution < 1.29 is 0 Å². The van der Waals surface area contributed by atoms with Crippen molar-refractivity contribution in [3.8, 4) is 16.8 Å². The zero-order chi connectivity index (χ0) is 46.8. The SMILES string of the molecule is C/C=C\C(=C1\C=CC=C[C@@H]1CC)n1c2ccccc2c2cc(/C=C/c3ccc4c(c3)C3(CCCCC3)c3cc(/C=C/c5ccc6c(c5)c5ccccc5n6-c5cccc6ccccc56)ccc3-4)ccc21. The van der Waals surface area contributed by atoms with Gasteiger partial charge < -0.3 is 9.13 Å². The van der Waals surface area contributed by atoms with Gasteiger partial charge in [-0.15, -0.1) is 0 Å². The molecule has 3 aliphatic carbocycles. The van der Waals surface area contributed by atoms with E-state index >= 15 is 0 Å². The third-order valence-electron chi connectivity index (χ3n) is 15.9. The van der Waals surface area contributed by atoms with Crippen LogP contribution in [0.25, 0.3) is 101 Å². The van der Waals surface area contributed by atoms with Gasteiger partial charge in [0.05, 0.1) is 27.8 Å². The van der Waals surface area contributed by atoms with E-state index < -0.39 is 0 Å². The molecule has 1 saturated carbocycles. The van der Waals surface area contributed by atoms with Gasteiger partial charge in [-0.05, 0) is 130 Å². The van der Waals surface area contributed by atoms with Gasteiger partial charge in [0, 0.05) is 44.0 Å². The van der Waals surface area contributed by atoms with Crippen LogP contribution in [-0.4, -0.2) is 9.13 Å². The summed E-state index contributed by atoms with van der Waals surface area (Å²) < 4.78 is 4.92. The van der Waals surface area contributed by atoms with Gasteiger partial charge in [0.15, 0.2) is 0 Å². The van der Waals surface area contributed by atoms with Gasteiger partial charge in [-0.2, -0.15) is 0 Å². The van der Waals surface area contributed by atoms with E-state index in [0.717, 1.165) is 6.42 Å². The predicted molar refractivity (Wildman–Crippen MR) is 301 cm³/mol. The minimum absolute atomic E-state index is 0.0406. The molecule has 2 heterocycles. The lowest BCUT2D eigenvalue weighted by atomic mass is 9.67. The number of benzene rings is 8. The Balaban J connectivity index is 0.825. The molecule has 0 amide bonds. The molecule has 70 heavy (non-hydrogen) atoms. The number of nitrogens with zero attached hydrogens (tertiary/aromatic N) is 2. The van der Waals surface area contributed by atoms with Crippen LogP contribution in [-0.2, 0) is 5.41 Å². The van der Waals surface area contributed by atoms with E-state index in [0.29, 0.717) is 5.92 Å². The molecule has 0 radical (unpaired) electrons. The first-order valence-corrected chi connectivity index (χ1v) is 25.5. The van der Waals surface area contributed by atoms with Gasteiger partial charge in [0.1, 0.15) is 0 Å². The Morgan fingerprint density at radius 3 is 1.76 bits per heavy atom. The third kappa shape index (κ3) is 6.84. The molecule has 13 rings (SSSR count). The van der Waals surface area contributed by atoms with E-state index in [1.807, 2.05) is 0 Å². The second-order valence-electron chi connectivity index (χ2n) is 19.8. The first-order chi connectivity index (χ1) is 34.6. The molecule has 2 heteroatoms. The lowest BCUT2D eigenvalue weighted by Gasteiger charge is -2.36. The first kappa shape index (κ1) is 42.2. The van der Waals surface area contributed by atoms with E-state index in [4.69, 9.17) is 0 Å². The maximum Gasteiger partial charge on any atom is 0.0541 e. The van der Waals surface area contributed by atoms with E-state index in [2.05, 4.69) is 248 Å². The van der Waals surface area contributed by atoms with E-state index in [-0.39, 0.29) is 5.41 Å². The summed E-state index contributed by atoms with van der Waals surface area (Å²) in [5, 5.41) is 7.63. The highest BCUT2D eigenvalue weighted by Gasteiger charge is 2.43. The average Bonchev–Trinajstić information content (AvgIpc) is 4.01. The van der Waals surface area contributed by atoms with Gasteiger partial charge >= 0.3 is 0 Å². The minimum Gasteiger partial charge on any atom is -0.309 e. The molecule has 1 spiro atoms. The van der Waals surface area contributed by atoms with Crippen LogP contribution in [0, 0.1) is 5.92 Å². The Kier molecular flexibility index (Phi) is 10.4. The van der Waals surface area contributed by atoms with Crippen LogP contribution in [0.2, 0.25) is 0 Å². The molecule has 0 unspecified atom stereocenters. The molecule has 8 aromatic carbocycles. The molecule has 0 saturated heterocycles. The second kappa shape index (κ2) is 17.2. The van der Waals surface area contributed by atoms with Crippen molar-refractivity contribution in [1.82, 2.24) is 9.13 Å². The van der Waals surface area contributed by atoms with Crippen molar-refractivity contribution >= 4 is 84.4 Å². The van der Waals surface area contributed by atoms with Crippen LogP contribution in [0.4, 0.5) is 0 Å². The van der Waals surface area contributed by atoms with Gasteiger partial charge in [-0.25, -0.2) is 0 Å². The fourth-order valence-corrected chi connectivity index (χ4v) is 12.6. The summed E-state index contributed by atoms with van der Waals surface area (Å²) in [6.07, 6.45) is 30.1. The second-order valence-corrected chi connectivity index (χ2v) is 19.8. The van der Waals surface area contributed by atoms with Crippen LogP contribution in [0.5, 0.6) is 0 Å². The number of aromatic nitrogens is 2. The predicted octanol–water partition coefficient (Wildman–Crippen LogP) is 18.6. The van der Waals surface area contributed by atoms with Crippen LogP contribution >= 0.6 is 0 Å². The molecule has 1 fully saturated rings. The van der Waals surface area contributed by atoms with Gasteiger partial charge in [0.25, 0.3) is 0 Å². The largest absolute Gasteiger partial charge is 0.309 e. The monoisotopic (exact) mass is 900 g/mol. The molecule has 0 bridgehead atoms. The molecule has 0 aliphatic heterocycles. The Bertz CT molecular complexity index is 3910. The summed E-state index contributed by atoms with van der Waals surface area (Å²) in [5.74, 6) is 0.386. The van der Waals surface area contributed by atoms with Crippen LogP contribution < -0.4 is 0 Å². The molecule has 338 valence electrons. The molecule has 1 atom stereocenters. The van der Waals surface area contributed by atoms with Gasteiger partial charge in [0.2, 0.25) is 0 Å². The summed E-state index contributed by atoms with van der Waals surface area (Å²) in [6.45, 7) is 4.41. The summed E-state index contributed by atoms with van der Waals surface area (Å²) >= 11 is 0. The smallest absolute Gasteiger partial charge is 0.0541 e. The molecule has 0 N–H and O–H groups in total. The Morgan fingerprint density at radius 2 is 1.07 bits per heavy atom. The molecule has 2 aromatic heterocycles. The number of fused-ring (bicyclic) bond motifs is 12. The highest BCUT2D eigenvalue weighted by Crippen LogP contribution is 2.56. The molecule has 3 aliphatic rings. The number of hydrogen-bond donors (Lipinski definition) is 0. The van der Waals surface area contributed by atoms with Crippen molar-refractivity contribution in [2.45, 2.75) is 57.8 Å². The summed E-state index contributed by atoms with van der Waals surface area (Å²) in [4.78, 5) is 0. The van der Waals surface area contributed by atoms with Crippen LogP contribution in [0.15, 0.2) is 206 Å². The Labute approximate surface area is 411 Å². The average molecular weight is 901 g/mol. The van der Waals surface area contributed by atoms with E-state index in [1.54, 1.807) is 0 Å². The summed E-state index contributed by atoms with van der Waals surface area (Å²) in [7, 11) is 0. The number of allylic oxidation sites excluding steroid dienone is 8. The van der Waals surface area contributed by atoms with E-state index in [1.165, 1.54) is 148 Å². The summed E-state index contributed by atoms with van der Waals surface area (Å²) in [6, 6.07) is 61.6. The quantitative estimate of drug-likeness (QED) is 0.135. The normalized spacial score (nSPS) is 17.2. The standard InChI is InChI=1S/C68H56N2/c1-3-17-62(52-21-8-6-18-50(52)4-2)69-64-25-12-10-23-56(64)58-42-46(34-38-66(58)69)28-30-48-32-36-54-55-37-33-49(45-61(55)68(60(54)44-48)40-14-5-15-41-68)31-29-47-35-39-67-59(43-47)57-24-11-13-26-65(57)70(67)63-27-16-20-51-19-7-9-22-53(51)63/h3,6-13,16-39,42-45,50H,4-5,14-15,40-41H2,1-2H3/b17-3-,30-28+,31-29+,62-52+/t50-/m0/s1. The Hall–Kier alpha value is -7.94. The highest BCUT2D eigenvalue weighted by atomic mass is 15.0. The molecule has 2 nitrogen and oxygen atoms in total. The van der Waals surface area contributed by atoms with Gasteiger partial charge in [-0.1, -0.05) is 202 Å². The maximum absolute atomic E-state index is 2.52. The maximum atomic E-state index is 2.52. The highest BCUT2D eigenvalue weighted by molar-refractivity contribution is 6.12. The van der Waals surface area contributed by atoms with Crippen molar-refractivity contribution in [3.05, 3.63) is 239 Å². The summed E-state index contributed by atoms with van der Waals surface area (Å²) in [5.41, 5.74) is 19.6. The van der Waals surface area contributed by atoms with Gasteiger partial charge in [-0.3, -0.25) is 0 Å². The zero-order valence-corrected chi connectivity index (χ0v) is 40.1. The molecular formula is C68H56N2. The fourth-order valence-electron chi connectivity index (χ4n) is 12.6. The van der Waals surface area contributed by atoms with E-state index in [9.17, 15) is 0 Å². The lowest BCUT2D eigenvalue weighted by Crippen LogP contribution is -2.28. The molecular weight excluding hydrogens is 845 g/mol. The van der Waals surface area contributed by atoms with Crippen molar-refractivity contribution in [2.24, 2.45) is 5.92 Å². The van der Waals surface area contributed by atoms with Crippen LogP contribution in [0.3, 0.4) is 0 Å². The molecule has 10 aromatic rings. The van der Waals surface area contributed by atoms with Crippen LogP contribution in [0.1, 0.15) is 85.8 Å². The topological polar surface area (TPSA) is 9.86 Å². The van der Waals surface area contributed by atoms with Crippen molar-refractivity contribution in [1.29, 1.82) is 0 Å². The zero-order valence-electron chi connectivity index (χ0n) is 40.1. The lowest BCUT2D eigenvalue weighted by molar-refractivity contribution is 0.353. The third-order valence-corrected chi connectivity index (χ3v) is 15.9. The van der Waals surface area contributed by atoms with Crippen molar-refractivity contribution in [3.63, 3.8) is 0 Å². The minimum atomic E-state index is 0.0406. The Morgan fingerprint density at radius 1 is 0.529 bits per heavy atom. The first-order valence-electron chi connectivity index (χ1n) is 25.5. The number of rotatable bonds is 8.